The fourth-order valence-electron chi connectivity index (χ4n) is 3.84. The number of carbonyl (C=O) groups is 1. The van der Waals surface area contributed by atoms with Crippen LogP contribution in [0, 0.1) is 5.41 Å². The van der Waals surface area contributed by atoms with E-state index < -0.39 is 5.60 Å². The van der Waals surface area contributed by atoms with Gasteiger partial charge >= 0.3 is 11.8 Å². The first kappa shape index (κ1) is 22.2. The van der Waals surface area contributed by atoms with Gasteiger partial charge in [-0.1, -0.05) is 20.8 Å². The van der Waals surface area contributed by atoms with Crippen molar-refractivity contribution in [3.05, 3.63) is 22.6 Å². The summed E-state index contributed by atoms with van der Waals surface area (Å²) in [6.45, 7) is 14.1. The molecule has 1 saturated heterocycles. The van der Waals surface area contributed by atoms with E-state index >= 15 is 0 Å². The van der Waals surface area contributed by atoms with Crippen LogP contribution >= 0.6 is 0 Å². The number of aryl methyl sites for hydroxylation is 1. The first-order chi connectivity index (χ1) is 13.8. The van der Waals surface area contributed by atoms with E-state index in [1.165, 1.54) is 0 Å². The number of rotatable bonds is 3. The standard InChI is InChI=1S/C22H35N5O3/c1-21(2,3)14-27-16-10-11-17(24-18(16)25(7)20(27)29)26-12-8-9-15(13-26)23-19(28)30-22(4,5)6/h10-11,15H,8-9,12-14H2,1-7H3,(H,23,28). The van der Waals surface area contributed by atoms with Crippen LogP contribution in [0.2, 0.25) is 0 Å². The van der Waals surface area contributed by atoms with Crippen LogP contribution < -0.4 is 15.9 Å². The lowest BCUT2D eigenvalue weighted by molar-refractivity contribution is 0.0500. The Balaban J connectivity index is 1.80. The Bertz CT molecular complexity index is 978. The zero-order valence-corrected chi connectivity index (χ0v) is 19.3. The Labute approximate surface area is 178 Å². The Morgan fingerprint density at radius 3 is 2.57 bits per heavy atom. The summed E-state index contributed by atoms with van der Waals surface area (Å²) in [6, 6.07) is 3.95. The van der Waals surface area contributed by atoms with Gasteiger partial charge in [-0.15, -0.1) is 0 Å². The van der Waals surface area contributed by atoms with E-state index in [-0.39, 0.29) is 23.2 Å². The van der Waals surface area contributed by atoms with Gasteiger partial charge in [0.05, 0.1) is 5.52 Å². The molecule has 166 valence electrons. The van der Waals surface area contributed by atoms with Gasteiger partial charge in [0.1, 0.15) is 11.4 Å². The molecule has 2 aromatic rings. The van der Waals surface area contributed by atoms with Gasteiger partial charge in [0.15, 0.2) is 5.65 Å². The number of ether oxygens (including phenoxy) is 1. The number of imidazole rings is 1. The van der Waals surface area contributed by atoms with Gasteiger partial charge in [0, 0.05) is 32.7 Å². The quantitative estimate of drug-likeness (QED) is 0.829. The summed E-state index contributed by atoms with van der Waals surface area (Å²) >= 11 is 0. The smallest absolute Gasteiger partial charge is 0.407 e. The van der Waals surface area contributed by atoms with Gasteiger partial charge in [0.2, 0.25) is 0 Å². The number of hydrogen-bond donors (Lipinski definition) is 1. The molecular weight excluding hydrogens is 382 g/mol. The van der Waals surface area contributed by atoms with Crippen molar-refractivity contribution < 1.29 is 9.53 Å². The third-order valence-corrected chi connectivity index (χ3v) is 5.06. The predicted octanol–water partition coefficient (Wildman–Crippen LogP) is 3.27. The average molecular weight is 418 g/mol. The second-order valence-electron chi connectivity index (χ2n) is 10.4. The third-order valence-electron chi connectivity index (χ3n) is 5.06. The van der Waals surface area contributed by atoms with Crippen molar-refractivity contribution in [3.63, 3.8) is 0 Å². The van der Waals surface area contributed by atoms with Gasteiger partial charge in [-0.2, -0.15) is 0 Å². The van der Waals surface area contributed by atoms with Crippen molar-refractivity contribution in [2.75, 3.05) is 18.0 Å². The molecule has 0 aromatic carbocycles. The molecular formula is C22H35N5O3. The zero-order chi connectivity index (χ0) is 22.3. The molecule has 1 aliphatic rings. The topological polar surface area (TPSA) is 81.4 Å². The summed E-state index contributed by atoms with van der Waals surface area (Å²) in [4.78, 5) is 31.9. The van der Waals surface area contributed by atoms with Crippen LogP contribution in [0.1, 0.15) is 54.4 Å². The maximum absolute atomic E-state index is 12.8. The van der Waals surface area contributed by atoms with E-state index in [0.29, 0.717) is 18.7 Å². The summed E-state index contributed by atoms with van der Waals surface area (Å²) in [7, 11) is 1.77. The fraction of sp³-hybridized carbons (Fsp3) is 0.682. The largest absolute Gasteiger partial charge is 0.444 e. The van der Waals surface area contributed by atoms with E-state index in [4.69, 9.17) is 9.72 Å². The summed E-state index contributed by atoms with van der Waals surface area (Å²) < 4.78 is 8.80. The lowest BCUT2D eigenvalue weighted by atomic mass is 9.97. The number of carbonyl (C=O) groups excluding carboxylic acids is 1. The molecule has 0 spiro atoms. The summed E-state index contributed by atoms with van der Waals surface area (Å²) in [5.41, 5.74) is 0.957. The normalized spacial score (nSPS) is 18.0. The van der Waals surface area contributed by atoms with Crippen molar-refractivity contribution in [2.24, 2.45) is 12.5 Å². The van der Waals surface area contributed by atoms with Crippen molar-refractivity contribution >= 4 is 23.1 Å². The third kappa shape index (κ3) is 5.15. The van der Waals surface area contributed by atoms with Crippen LogP contribution in [0.5, 0.6) is 0 Å². The van der Waals surface area contributed by atoms with Gasteiger partial charge in [-0.25, -0.2) is 14.6 Å². The van der Waals surface area contributed by atoms with E-state index in [1.54, 1.807) is 16.2 Å². The number of fused-ring (bicyclic) bond motifs is 1. The molecule has 1 fully saturated rings. The van der Waals surface area contributed by atoms with Gasteiger partial charge < -0.3 is 15.0 Å². The number of hydrogen-bond acceptors (Lipinski definition) is 5. The predicted molar refractivity (Wildman–Crippen MR) is 119 cm³/mol. The second-order valence-corrected chi connectivity index (χ2v) is 10.4. The molecule has 1 aliphatic heterocycles. The molecule has 0 aliphatic carbocycles. The molecule has 30 heavy (non-hydrogen) atoms. The highest BCUT2D eigenvalue weighted by atomic mass is 16.6. The highest BCUT2D eigenvalue weighted by Crippen LogP contribution is 2.23. The molecule has 1 atom stereocenters. The molecule has 0 radical (unpaired) electrons. The van der Waals surface area contributed by atoms with Gasteiger partial charge in [-0.3, -0.25) is 9.13 Å². The number of alkyl carbamates (subject to hydrolysis) is 1. The Morgan fingerprint density at radius 2 is 1.93 bits per heavy atom. The maximum atomic E-state index is 12.8. The van der Waals surface area contributed by atoms with Crippen LogP contribution in [0.3, 0.4) is 0 Å². The lowest BCUT2D eigenvalue weighted by Crippen LogP contribution is -2.49. The van der Waals surface area contributed by atoms with E-state index in [9.17, 15) is 9.59 Å². The molecule has 1 unspecified atom stereocenters. The van der Waals surface area contributed by atoms with Gasteiger partial charge in [-0.05, 0) is 51.2 Å². The number of amides is 1. The first-order valence-electron chi connectivity index (χ1n) is 10.6. The van der Waals surface area contributed by atoms with Crippen LogP contribution in [-0.2, 0) is 18.3 Å². The molecule has 1 amide bonds. The SMILES string of the molecule is Cn1c(=O)n(CC(C)(C)C)c2ccc(N3CCCC(NC(=O)OC(C)(C)C)C3)nc21. The summed E-state index contributed by atoms with van der Waals surface area (Å²) in [5.74, 6) is 0.821. The number of piperidine rings is 1. The first-order valence-corrected chi connectivity index (χ1v) is 10.6. The molecule has 3 rings (SSSR count). The molecule has 8 nitrogen and oxygen atoms in total. The average Bonchev–Trinajstić information content (AvgIpc) is 2.83. The number of aromatic nitrogens is 3. The molecule has 1 N–H and O–H groups in total. The minimum absolute atomic E-state index is 0.000375. The number of anilines is 1. The maximum Gasteiger partial charge on any atom is 0.407 e. The molecule has 3 heterocycles. The monoisotopic (exact) mass is 417 g/mol. The Morgan fingerprint density at radius 1 is 1.23 bits per heavy atom. The molecule has 0 bridgehead atoms. The van der Waals surface area contributed by atoms with Crippen LogP contribution in [0.4, 0.5) is 10.6 Å². The molecule has 2 aromatic heterocycles. The number of pyridine rings is 1. The number of nitrogens with zero attached hydrogens (tertiary/aromatic N) is 4. The van der Waals surface area contributed by atoms with Crippen molar-refractivity contribution in [1.29, 1.82) is 0 Å². The lowest BCUT2D eigenvalue weighted by Gasteiger charge is -2.34. The minimum atomic E-state index is -0.518. The highest BCUT2D eigenvalue weighted by molar-refractivity contribution is 5.74. The Kier molecular flexibility index (Phi) is 5.89. The summed E-state index contributed by atoms with van der Waals surface area (Å²) in [6.07, 6.45) is 1.46. The zero-order valence-electron chi connectivity index (χ0n) is 19.3. The van der Waals surface area contributed by atoms with E-state index in [1.807, 2.05) is 32.9 Å². The van der Waals surface area contributed by atoms with Crippen molar-refractivity contribution in [3.8, 4) is 0 Å². The highest BCUT2D eigenvalue weighted by Gasteiger charge is 2.26. The molecule has 0 saturated carbocycles. The Hall–Kier alpha value is -2.51. The van der Waals surface area contributed by atoms with E-state index in [0.717, 1.165) is 30.7 Å². The van der Waals surface area contributed by atoms with Crippen LogP contribution in [-0.4, -0.2) is 44.9 Å². The van der Waals surface area contributed by atoms with Gasteiger partial charge in [0.25, 0.3) is 0 Å². The molecule has 8 heteroatoms. The fourth-order valence-corrected chi connectivity index (χ4v) is 3.84. The second kappa shape index (κ2) is 7.96. The number of nitrogens with one attached hydrogen (secondary N) is 1. The van der Waals surface area contributed by atoms with Crippen LogP contribution in [0.25, 0.3) is 11.2 Å². The van der Waals surface area contributed by atoms with Crippen molar-refractivity contribution in [1.82, 2.24) is 19.4 Å². The van der Waals surface area contributed by atoms with Crippen molar-refractivity contribution in [2.45, 2.75) is 72.6 Å². The van der Waals surface area contributed by atoms with E-state index in [2.05, 4.69) is 31.0 Å². The summed E-state index contributed by atoms with van der Waals surface area (Å²) in [5, 5.41) is 2.97. The van der Waals surface area contributed by atoms with Crippen LogP contribution in [0.15, 0.2) is 16.9 Å². The minimum Gasteiger partial charge on any atom is -0.444 e.